The van der Waals surface area contributed by atoms with Gasteiger partial charge in [-0.25, -0.2) is 0 Å². The molecule has 1 aromatic heterocycles. The fourth-order valence-corrected chi connectivity index (χ4v) is 1.31. The van der Waals surface area contributed by atoms with Crippen LogP contribution < -0.4 is 5.56 Å². The standard InChI is InChI=1S/C10H15NOS/c1-8(7-13)6-11-5-3-4-9(2)10(11)12/h3-5,8,13H,6-7H2,1-2H3. The predicted octanol–water partition coefficient (Wildman–Crippen LogP) is 1.72. The molecule has 1 rings (SSSR count). The highest BCUT2D eigenvalue weighted by molar-refractivity contribution is 7.80. The van der Waals surface area contributed by atoms with E-state index in [1.165, 1.54) is 0 Å². The lowest BCUT2D eigenvalue weighted by Gasteiger charge is -2.10. The summed E-state index contributed by atoms with van der Waals surface area (Å²) in [5.74, 6) is 1.24. The molecule has 1 unspecified atom stereocenters. The fourth-order valence-electron chi connectivity index (χ4n) is 1.19. The maximum Gasteiger partial charge on any atom is 0.253 e. The van der Waals surface area contributed by atoms with Crippen LogP contribution in [0.1, 0.15) is 12.5 Å². The molecule has 2 nitrogen and oxygen atoms in total. The Kier molecular flexibility index (Phi) is 3.60. The van der Waals surface area contributed by atoms with E-state index in [2.05, 4.69) is 19.6 Å². The predicted molar refractivity (Wildman–Crippen MR) is 58.5 cm³/mol. The molecule has 0 bridgehead atoms. The van der Waals surface area contributed by atoms with Crippen molar-refractivity contribution in [3.8, 4) is 0 Å². The monoisotopic (exact) mass is 197 g/mol. The Hall–Kier alpha value is -0.700. The van der Waals surface area contributed by atoms with Crippen molar-refractivity contribution in [2.75, 3.05) is 5.75 Å². The lowest BCUT2D eigenvalue weighted by atomic mass is 10.2. The minimum Gasteiger partial charge on any atom is -0.315 e. The van der Waals surface area contributed by atoms with Crippen LogP contribution in [0.4, 0.5) is 0 Å². The summed E-state index contributed by atoms with van der Waals surface area (Å²) in [4.78, 5) is 11.6. The van der Waals surface area contributed by atoms with Crippen molar-refractivity contribution in [1.29, 1.82) is 0 Å². The molecule has 0 N–H and O–H groups in total. The lowest BCUT2D eigenvalue weighted by Crippen LogP contribution is -2.24. The molecule has 0 spiro atoms. The number of aryl methyl sites for hydroxylation is 1. The van der Waals surface area contributed by atoms with Crippen LogP contribution in [0.2, 0.25) is 0 Å². The smallest absolute Gasteiger partial charge is 0.253 e. The third kappa shape index (κ3) is 2.62. The molecule has 0 aromatic carbocycles. The number of pyridine rings is 1. The van der Waals surface area contributed by atoms with Crippen LogP contribution in [0.25, 0.3) is 0 Å². The summed E-state index contributed by atoms with van der Waals surface area (Å²) >= 11 is 4.19. The molecular weight excluding hydrogens is 182 g/mol. The average molecular weight is 197 g/mol. The molecule has 0 aliphatic heterocycles. The van der Waals surface area contributed by atoms with Gasteiger partial charge in [-0.3, -0.25) is 4.79 Å². The minimum atomic E-state index is 0.108. The maximum atomic E-state index is 11.6. The van der Waals surface area contributed by atoms with E-state index < -0.39 is 0 Å². The van der Waals surface area contributed by atoms with Gasteiger partial charge in [-0.15, -0.1) is 0 Å². The molecule has 1 aromatic rings. The Balaban J connectivity index is 2.89. The van der Waals surface area contributed by atoms with E-state index in [0.29, 0.717) is 5.92 Å². The van der Waals surface area contributed by atoms with Gasteiger partial charge in [0, 0.05) is 18.3 Å². The second kappa shape index (κ2) is 4.51. The Morgan fingerprint density at radius 1 is 1.62 bits per heavy atom. The van der Waals surface area contributed by atoms with Crippen LogP contribution in [-0.4, -0.2) is 10.3 Å². The first-order valence-electron chi connectivity index (χ1n) is 4.42. The second-order valence-corrected chi connectivity index (χ2v) is 3.80. The number of hydrogen-bond donors (Lipinski definition) is 1. The largest absolute Gasteiger partial charge is 0.315 e. The maximum absolute atomic E-state index is 11.6. The minimum absolute atomic E-state index is 0.108. The lowest BCUT2D eigenvalue weighted by molar-refractivity contribution is 0.517. The molecule has 0 aliphatic carbocycles. The van der Waals surface area contributed by atoms with E-state index in [4.69, 9.17) is 0 Å². The third-order valence-electron chi connectivity index (χ3n) is 2.03. The van der Waals surface area contributed by atoms with E-state index in [-0.39, 0.29) is 5.56 Å². The molecule has 1 heterocycles. The van der Waals surface area contributed by atoms with Gasteiger partial charge in [0.1, 0.15) is 0 Å². The van der Waals surface area contributed by atoms with Gasteiger partial charge in [0.2, 0.25) is 0 Å². The van der Waals surface area contributed by atoms with Crippen molar-refractivity contribution in [3.05, 3.63) is 34.2 Å². The van der Waals surface area contributed by atoms with Crippen LogP contribution in [0.15, 0.2) is 23.1 Å². The topological polar surface area (TPSA) is 22.0 Å². The van der Waals surface area contributed by atoms with Crippen LogP contribution in [0.3, 0.4) is 0 Å². The summed E-state index contributed by atoms with van der Waals surface area (Å²) in [6.07, 6.45) is 1.83. The second-order valence-electron chi connectivity index (χ2n) is 3.44. The van der Waals surface area contributed by atoms with Crippen molar-refractivity contribution in [2.45, 2.75) is 20.4 Å². The van der Waals surface area contributed by atoms with Gasteiger partial charge in [0.05, 0.1) is 0 Å². The van der Waals surface area contributed by atoms with Gasteiger partial charge >= 0.3 is 0 Å². The van der Waals surface area contributed by atoms with Crippen molar-refractivity contribution < 1.29 is 0 Å². The molecule has 1 atom stereocenters. The summed E-state index contributed by atoms with van der Waals surface area (Å²) in [7, 11) is 0. The molecule has 0 saturated heterocycles. The van der Waals surface area contributed by atoms with Crippen LogP contribution in [-0.2, 0) is 6.54 Å². The average Bonchev–Trinajstić information content (AvgIpc) is 2.13. The fraction of sp³-hybridized carbons (Fsp3) is 0.500. The normalized spacial score (nSPS) is 12.8. The van der Waals surface area contributed by atoms with Crippen molar-refractivity contribution in [3.63, 3.8) is 0 Å². The summed E-state index contributed by atoms with van der Waals surface area (Å²) < 4.78 is 1.75. The highest BCUT2D eigenvalue weighted by Crippen LogP contribution is 2.00. The van der Waals surface area contributed by atoms with Crippen molar-refractivity contribution >= 4 is 12.6 Å². The Bertz CT molecular complexity index is 332. The third-order valence-corrected chi connectivity index (χ3v) is 2.65. The van der Waals surface area contributed by atoms with E-state index in [9.17, 15) is 4.79 Å². The molecule has 0 aliphatic rings. The van der Waals surface area contributed by atoms with Gasteiger partial charge in [-0.1, -0.05) is 13.0 Å². The highest BCUT2D eigenvalue weighted by Gasteiger charge is 2.02. The summed E-state index contributed by atoms with van der Waals surface area (Å²) in [6, 6.07) is 3.74. The molecule has 0 amide bonds. The van der Waals surface area contributed by atoms with Crippen LogP contribution >= 0.6 is 12.6 Å². The zero-order valence-corrected chi connectivity index (χ0v) is 8.92. The molecule has 0 fully saturated rings. The van der Waals surface area contributed by atoms with Gasteiger partial charge in [-0.2, -0.15) is 12.6 Å². The van der Waals surface area contributed by atoms with E-state index in [0.717, 1.165) is 17.9 Å². The van der Waals surface area contributed by atoms with Crippen molar-refractivity contribution in [1.82, 2.24) is 4.57 Å². The van der Waals surface area contributed by atoms with Crippen LogP contribution in [0, 0.1) is 12.8 Å². The Morgan fingerprint density at radius 3 is 2.92 bits per heavy atom. The summed E-state index contributed by atoms with van der Waals surface area (Å²) in [5.41, 5.74) is 0.907. The number of rotatable bonds is 3. The van der Waals surface area contributed by atoms with Crippen molar-refractivity contribution in [2.24, 2.45) is 5.92 Å². The molecule has 0 saturated carbocycles. The molecule has 13 heavy (non-hydrogen) atoms. The van der Waals surface area contributed by atoms with E-state index in [1.54, 1.807) is 4.57 Å². The van der Waals surface area contributed by atoms with Gasteiger partial charge < -0.3 is 4.57 Å². The summed E-state index contributed by atoms with van der Waals surface area (Å²) in [5, 5.41) is 0. The van der Waals surface area contributed by atoms with Crippen LogP contribution in [0.5, 0.6) is 0 Å². The van der Waals surface area contributed by atoms with Gasteiger partial charge in [-0.05, 0) is 24.7 Å². The zero-order chi connectivity index (χ0) is 9.84. The zero-order valence-electron chi connectivity index (χ0n) is 8.03. The molecule has 3 heteroatoms. The first kappa shape index (κ1) is 10.4. The number of hydrogen-bond acceptors (Lipinski definition) is 2. The SMILES string of the molecule is Cc1cccn(CC(C)CS)c1=O. The first-order chi connectivity index (χ1) is 6.15. The Labute approximate surface area is 84.0 Å². The van der Waals surface area contributed by atoms with E-state index >= 15 is 0 Å². The van der Waals surface area contributed by atoms with Gasteiger partial charge in [0.25, 0.3) is 5.56 Å². The number of thiol groups is 1. The number of aromatic nitrogens is 1. The molecule has 72 valence electrons. The Morgan fingerprint density at radius 2 is 2.31 bits per heavy atom. The molecular formula is C10H15NOS. The first-order valence-corrected chi connectivity index (χ1v) is 5.05. The summed E-state index contributed by atoms with van der Waals surface area (Å²) in [6.45, 7) is 4.68. The number of nitrogens with zero attached hydrogens (tertiary/aromatic N) is 1. The quantitative estimate of drug-likeness (QED) is 0.732. The van der Waals surface area contributed by atoms with Gasteiger partial charge in [0.15, 0.2) is 0 Å². The highest BCUT2D eigenvalue weighted by atomic mass is 32.1. The molecule has 0 radical (unpaired) electrons. The van der Waals surface area contributed by atoms with E-state index in [1.807, 2.05) is 25.3 Å².